The second-order valence-corrected chi connectivity index (χ2v) is 7.31. The summed E-state index contributed by atoms with van der Waals surface area (Å²) in [5.41, 5.74) is 1.02. The lowest BCUT2D eigenvalue weighted by atomic mass is 9.95. The first kappa shape index (κ1) is 17.6. The number of rotatable bonds is 3. The molecule has 0 bridgehead atoms. The van der Waals surface area contributed by atoms with Gasteiger partial charge in [-0.25, -0.2) is 9.07 Å². The van der Waals surface area contributed by atoms with E-state index < -0.39 is 0 Å². The fourth-order valence-electron chi connectivity index (χ4n) is 3.46. The molecular formula is C19H25FN4O. The van der Waals surface area contributed by atoms with Crippen molar-refractivity contribution in [3.05, 3.63) is 42.0 Å². The Bertz CT molecular complexity index is 725. The first-order valence-electron chi connectivity index (χ1n) is 8.95. The van der Waals surface area contributed by atoms with Crippen molar-refractivity contribution in [3.8, 4) is 5.69 Å². The summed E-state index contributed by atoms with van der Waals surface area (Å²) >= 11 is 0. The van der Waals surface area contributed by atoms with Crippen molar-refractivity contribution in [2.75, 3.05) is 6.54 Å². The van der Waals surface area contributed by atoms with E-state index >= 15 is 0 Å². The standard InChI is InChI=1S/C19H25FN4O/c1-13(2)18-9-4-14(3)10-11-23(18)19(25)17-12-24(22-21-17)16-7-5-15(20)6-8-16/h5-8,12-14,18H,4,9-11H2,1-3H3. The van der Waals surface area contributed by atoms with Gasteiger partial charge in [-0.2, -0.15) is 0 Å². The van der Waals surface area contributed by atoms with Gasteiger partial charge in [0, 0.05) is 12.6 Å². The van der Waals surface area contributed by atoms with Crippen molar-refractivity contribution in [2.45, 2.75) is 46.1 Å². The van der Waals surface area contributed by atoms with E-state index in [0.29, 0.717) is 23.2 Å². The van der Waals surface area contributed by atoms with Crippen molar-refractivity contribution in [1.29, 1.82) is 0 Å². The highest BCUT2D eigenvalue weighted by atomic mass is 19.1. The third-order valence-corrected chi connectivity index (χ3v) is 5.05. The number of amides is 1. The highest BCUT2D eigenvalue weighted by Crippen LogP contribution is 2.27. The van der Waals surface area contributed by atoms with Gasteiger partial charge in [0.1, 0.15) is 5.82 Å². The molecule has 5 nitrogen and oxygen atoms in total. The van der Waals surface area contributed by atoms with E-state index in [-0.39, 0.29) is 17.8 Å². The molecule has 25 heavy (non-hydrogen) atoms. The molecule has 2 unspecified atom stereocenters. The fraction of sp³-hybridized carbons (Fsp3) is 0.526. The van der Waals surface area contributed by atoms with Crippen molar-refractivity contribution < 1.29 is 9.18 Å². The zero-order valence-electron chi connectivity index (χ0n) is 15.0. The molecule has 1 aliphatic heterocycles. The van der Waals surface area contributed by atoms with Crippen LogP contribution in [0.5, 0.6) is 0 Å². The lowest BCUT2D eigenvalue weighted by molar-refractivity contribution is 0.0625. The van der Waals surface area contributed by atoms with Gasteiger partial charge in [-0.05, 0) is 55.4 Å². The van der Waals surface area contributed by atoms with Crippen LogP contribution in [0.25, 0.3) is 5.69 Å². The molecule has 1 saturated heterocycles. The molecule has 2 aromatic rings. The van der Waals surface area contributed by atoms with Crippen molar-refractivity contribution in [1.82, 2.24) is 19.9 Å². The summed E-state index contributed by atoms with van der Waals surface area (Å²) in [5, 5.41) is 8.10. The number of carbonyl (C=O) groups is 1. The maximum absolute atomic E-state index is 13.1. The topological polar surface area (TPSA) is 51.0 Å². The first-order valence-corrected chi connectivity index (χ1v) is 8.95. The summed E-state index contributed by atoms with van der Waals surface area (Å²) in [6, 6.07) is 6.19. The molecule has 0 saturated carbocycles. The van der Waals surface area contributed by atoms with Crippen LogP contribution in [-0.4, -0.2) is 38.4 Å². The molecule has 1 fully saturated rings. The zero-order chi connectivity index (χ0) is 18.0. The van der Waals surface area contributed by atoms with Gasteiger partial charge in [-0.15, -0.1) is 5.10 Å². The van der Waals surface area contributed by atoms with E-state index in [1.807, 2.05) is 4.90 Å². The SMILES string of the molecule is CC1CCC(C(C)C)N(C(=O)c2cn(-c3ccc(F)cc3)nn2)CC1. The van der Waals surface area contributed by atoms with Gasteiger partial charge in [0.05, 0.1) is 11.9 Å². The van der Waals surface area contributed by atoms with E-state index in [2.05, 4.69) is 31.1 Å². The smallest absolute Gasteiger partial charge is 0.276 e. The molecule has 0 spiro atoms. The maximum Gasteiger partial charge on any atom is 0.276 e. The molecule has 3 rings (SSSR count). The Kier molecular flexibility index (Phi) is 5.16. The van der Waals surface area contributed by atoms with E-state index in [0.717, 1.165) is 25.8 Å². The first-order chi connectivity index (χ1) is 12.0. The highest BCUT2D eigenvalue weighted by Gasteiger charge is 2.31. The van der Waals surface area contributed by atoms with Crippen LogP contribution in [0, 0.1) is 17.7 Å². The van der Waals surface area contributed by atoms with Gasteiger partial charge < -0.3 is 4.90 Å². The van der Waals surface area contributed by atoms with Gasteiger partial charge in [0.2, 0.25) is 0 Å². The fourth-order valence-corrected chi connectivity index (χ4v) is 3.46. The van der Waals surface area contributed by atoms with Crippen molar-refractivity contribution >= 4 is 5.91 Å². The Morgan fingerprint density at radius 2 is 1.92 bits per heavy atom. The number of nitrogens with zero attached hydrogens (tertiary/aromatic N) is 4. The number of benzene rings is 1. The minimum atomic E-state index is -0.307. The molecule has 2 heterocycles. The van der Waals surface area contributed by atoms with Crippen LogP contribution in [0.1, 0.15) is 50.5 Å². The quantitative estimate of drug-likeness (QED) is 0.853. The van der Waals surface area contributed by atoms with Crippen LogP contribution in [0.2, 0.25) is 0 Å². The summed E-state index contributed by atoms with van der Waals surface area (Å²) < 4.78 is 14.6. The Balaban J connectivity index is 1.83. The molecule has 134 valence electrons. The Hall–Kier alpha value is -2.24. The maximum atomic E-state index is 13.1. The summed E-state index contributed by atoms with van der Waals surface area (Å²) in [7, 11) is 0. The average Bonchev–Trinajstić information content (AvgIpc) is 2.99. The normalized spacial score (nSPS) is 21.4. The lowest BCUT2D eigenvalue weighted by Gasteiger charge is -2.32. The van der Waals surface area contributed by atoms with Gasteiger partial charge in [0.25, 0.3) is 5.91 Å². The zero-order valence-corrected chi connectivity index (χ0v) is 15.0. The molecule has 0 aliphatic carbocycles. The monoisotopic (exact) mass is 344 g/mol. The lowest BCUT2D eigenvalue weighted by Crippen LogP contribution is -2.43. The number of halogens is 1. The number of hydrogen-bond donors (Lipinski definition) is 0. The van der Waals surface area contributed by atoms with Gasteiger partial charge in [-0.3, -0.25) is 4.79 Å². The molecule has 2 atom stereocenters. The number of likely N-dealkylation sites (tertiary alicyclic amines) is 1. The second kappa shape index (κ2) is 7.33. The molecular weight excluding hydrogens is 319 g/mol. The van der Waals surface area contributed by atoms with Crippen LogP contribution in [0.15, 0.2) is 30.5 Å². The highest BCUT2D eigenvalue weighted by molar-refractivity contribution is 5.92. The Morgan fingerprint density at radius 1 is 1.20 bits per heavy atom. The third kappa shape index (κ3) is 3.89. The molecule has 1 amide bonds. The summed E-state index contributed by atoms with van der Waals surface area (Å²) in [6.07, 6.45) is 4.81. The van der Waals surface area contributed by atoms with Crippen LogP contribution in [0.4, 0.5) is 4.39 Å². The molecule has 0 radical (unpaired) electrons. The average molecular weight is 344 g/mol. The van der Waals surface area contributed by atoms with E-state index in [1.54, 1.807) is 18.3 Å². The predicted octanol–water partition coefficient (Wildman–Crippen LogP) is 3.69. The Morgan fingerprint density at radius 3 is 2.60 bits per heavy atom. The van der Waals surface area contributed by atoms with Gasteiger partial charge in [0.15, 0.2) is 5.69 Å². The summed E-state index contributed by atoms with van der Waals surface area (Å²) in [4.78, 5) is 15.0. The van der Waals surface area contributed by atoms with E-state index in [9.17, 15) is 9.18 Å². The minimum Gasteiger partial charge on any atom is -0.334 e. The molecule has 1 aromatic carbocycles. The summed E-state index contributed by atoms with van der Waals surface area (Å²) in [5.74, 6) is 0.662. The molecule has 1 aliphatic rings. The number of hydrogen-bond acceptors (Lipinski definition) is 3. The van der Waals surface area contributed by atoms with Crippen LogP contribution in [0.3, 0.4) is 0 Å². The number of aromatic nitrogens is 3. The molecule has 6 heteroatoms. The minimum absolute atomic E-state index is 0.0684. The molecule has 0 N–H and O–H groups in total. The van der Waals surface area contributed by atoms with E-state index in [4.69, 9.17) is 0 Å². The summed E-state index contributed by atoms with van der Waals surface area (Å²) in [6.45, 7) is 7.33. The second-order valence-electron chi connectivity index (χ2n) is 7.31. The van der Waals surface area contributed by atoms with Crippen LogP contribution >= 0.6 is 0 Å². The van der Waals surface area contributed by atoms with Crippen molar-refractivity contribution in [2.24, 2.45) is 11.8 Å². The number of carbonyl (C=O) groups excluding carboxylic acids is 1. The predicted molar refractivity (Wildman–Crippen MR) is 94.0 cm³/mol. The third-order valence-electron chi connectivity index (χ3n) is 5.05. The van der Waals surface area contributed by atoms with Crippen LogP contribution in [-0.2, 0) is 0 Å². The Labute approximate surface area is 147 Å². The van der Waals surface area contributed by atoms with Gasteiger partial charge in [-0.1, -0.05) is 26.0 Å². The van der Waals surface area contributed by atoms with E-state index in [1.165, 1.54) is 16.8 Å². The molecule has 1 aromatic heterocycles. The van der Waals surface area contributed by atoms with Gasteiger partial charge >= 0.3 is 0 Å². The van der Waals surface area contributed by atoms with Crippen molar-refractivity contribution in [3.63, 3.8) is 0 Å². The largest absolute Gasteiger partial charge is 0.334 e. The van der Waals surface area contributed by atoms with Crippen LogP contribution < -0.4 is 0 Å².